The molecule has 2 rings (SSSR count). The van der Waals surface area contributed by atoms with Gasteiger partial charge in [-0.25, -0.2) is 12.8 Å². The molecule has 1 amide bonds. The average Bonchev–Trinajstić information content (AvgIpc) is 2.64. The summed E-state index contributed by atoms with van der Waals surface area (Å²) in [5.74, 6) is -1.10. The van der Waals surface area contributed by atoms with Crippen molar-refractivity contribution < 1.29 is 22.3 Å². The van der Waals surface area contributed by atoms with Crippen LogP contribution in [0.15, 0.2) is 41.3 Å². The molecular formula is C18H20ClFN2O4S. The topological polar surface area (TPSA) is 75.7 Å². The fraction of sp³-hybridized carbons (Fsp3) is 0.278. The molecule has 0 spiro atoms. The molecule has 27 heavy (non-hydrogen) atoms. The van der Waals surface area contributed by atoms with E-state index < -0.39 is 21.7 Å². The van der Waals surface area contributed by atoms with E-state index in [9.17, 15) is 17.6 Å². The Bertz CT molecular complexity index is 946. The molecule has 0 saturated carbocycles. The quantitative estimate of drug-likeness (QED) is 0.748. The van der Waals surface area contributed by atoms with E-state index in [0.717, 1.165) is 6.07 Å². The van der Waals surface area contributed by atoms with Gasteiger partial charge >= 0.3 is 0 Å². The predicted octanol–water partition coefficient (Wildman–Crippen LogP) is 3.77. The number of halogens is 2. The van der Waals surface area contributed by atoms with Crippen LogP contribution in [0.3, 0.4) is 0 Å². The van der Waals surface area contributed by atoms with Gasteiger partial charge in [0.15, 0.2) is 0 Å². The number of ether oxygens (including phenoxy) is 1. The van der Waals surface area contributed by atoms with Gasteiger partial charge in [0.05, 0.1) is 28.3 Å². The number of carbonyl (C=O) groups is 1. The second kappa shape index (κ2) is 8.69. The number of nitrogens with zero attached hydrogens (tertiary/aromatic N) is 1. The van der Waals surface area contributed by atoms with Crippen LogP contribution >= 0.6 is 11.6 Å². The van der Waals surface area contributed by atoms with Crippen molar-refractivity contribution in [1.29, 1.82) is 0 Å². The van der Waals surface area contributed by atoms with Crippen LogP contribution in [0.25, 0.3) is 0 Å². The summed E-state index contributed by atoms with van der Waals surface area (Å²) in [4.78, 5) is 12.5. The monoisotopic (exact) mass is 414 g/mol. The molecule has 1 N–H and O–H groups in total. The normalized spacial score (nSPS) is 11.5. The highest BCUT2D eigenvalue weighted by Crippen LogP contribution is 2.28. The first kappa shape index (κ1) is 21.1. The zero-order valence-corrected chi connectivity index (χ0v) is 16.7. The summed E-state index contributed by atoms with van der Waals surface area (Å²) in [7, 11) is -2.37. The van der Waals surface area contributed by atoms with Crippen molar-refractivity contribution in [3.8, 4) is 5.75 Å². The van der Waals surface area contributed by atoms with Crippen molar-refractivity contribution in [3.63, 3.8) is 0 Å². The molecule has 0 saturated heterocycles. The largest absolute Gasteiger partial charge is 0.496 e. The van der Waals surface area contributed by atoms with E-state index in [2.05, 4.69) is 5.32 Å². The van der Waals surface area contributed by atoms with Crippen LogP contribution in [0.1, 0.15) is 24.2 Å². The fourth-order valence-electron chi connectivity index (χ4n) is 2.52. The molecule has 9 heteroatoms. The van der Waals surface area contributed by atoms with Gasteiger partial charge in [-0.15, -0.1) is 0 Å². The first-order valence-corrected chi connectivity index (χ1v) is 10.0. The highest BCUT2D eigenvalue weighted by Gasteiger charge is 2.23. The zero-order chi connectivity index (χ0) is 20.2. The lowest BCUT2D eigenvalue weighted by molar-refractivity contribution is 0.102. The Balaban J connectivity index is 2.40. The number of sulfonamides is 1. The van der Waals surface area contributed by atoms with E-state index in [1.54, 1.807) is 13.8 Å². The number of hydrogen-bond acceptors (Lipinski definition) is 4. The number of anilines is 1. The standard InChI is InChI=1S/C18H20ClFN2O4S/c1-4-22(5-2)27(24,25)13-7-8-15(19)16(11-13)21-18(23)14-10-12(20)6-9-17(14)26-3/h6-11H,4-5H2,1-3H3,(H,21,23). The van der Waals surface area contributed by atoms with E-state index in [0.29, 0.717) is 13.1 Å². The van der Waals surface area contributed by atoms with Gasteiger partial charge in [-0.3, -0.25) is 4.79 Å². The lowest BCUT2D eigenvalue weighted by Crippen LogP contribution is -2.30. The number of nitrogens with one attached hydrogen (secondary N) is 1. The molecule has 0 aliphatic rings. The second-order valence-electron chi connectivity index (χ2n) is 5.53. The molecule has 146 valence electrons. The minimum Gasteiger partial charge on any atom is -0.496 e. The Labute approximate surface area is 162 Å². The molecule has 0 bridgehead atoms. The van der Waals surface area contributed by atoms with Crippen molar-refractivity contribution in [2.75, 3.05) is 25.5 Å². The van der Waals surface area contributed by atoms with Crippen LogP contribution in [-0.2, 0) is 10.0 Å². The van der Waals surface area contributed by atoms with Gasteiger partial charge in [0.2, 0.25) is 10.0 Å². The van der Waals surface area contributed by atoms with Crippen molar-refractivity contribution in [3.05, 3.63) is 52.8 Å². The highest BCUT2D eigenvalue weighted by atomic mass is 35.5. The molecular weight excluding hydrogens is 395 g/mol. The summed E-state index contributed by atoms with van der Waals surface area (Å²) in [6, 6.07) is 7.55. The summed E-state index contributed by atoms with van der Waals surface area (Å²) < 4.78 is 45.2. The first-order chi connectivity index (χ1) is 12.7. The molecule has 0 aliphatic carbocycles. The number of benzene rings is 2. The minimum absolute atomic E-state index is 0.00268. The molecule has 0 fully saturated rings. The van der Waals surface area contributed by atoms with Crippen LogP contribution in [0.5, 0.6) is 5.75 Å². The molecule has 0 aliphatic heterocycles. The van der Waals surface area contributed by atoms with E-state index >= 15 is 0 Å². The van der Waals surface area contributed by atoms with Crippen molar-refractivity contribution in [1.82, 2.24) is 4.31 Å². The molecule has 0 unspecified atom stereocenters. The van der Waals surface area contributed by atoms with Crippen LogP contribution in [0.2, 0.25) is 5.02 Å². The number of amides is 1. The molecule has 6 nitrogen and oxygen atoms in total. The van der Waals surface area contributed by atoms with Gasteiger partial charge in [-0.1, -0.05) is 25.4 Å². The van der Waals surface area contributed by atoms with Crippen LogP contribution < -0.4 is 10.1 Å². The van der Waals surface area contributed by atoms with Crippen LogP contribution in [0, 0.1) is 5.82 Å². The minimum atomic E-state index is -3.72. The van der Waals surface area contributed by atoms with Crippen LogP contribution in [-0.4, -0.2) is 38.8 Å². The number of methoxy groups -OCH3 is 1. The summed E-state index contributed by atoms with van der Waals surface area (Å²) in [5.41, 5.74) is 0.0618. The summed E-state index contributed by atoms with van der Waals surface area (Å²) >= 11 is 6.10. The average molecular weight is 415 g/mol. The summed E-state index contributed by atoms with van der Waals surface area (Å²) in [5, 5.41) is 2.67. The Morgan fingerprint density at radius 3 is 2.44 bits per heavy atom. The van der Waals surface area contributed by atoms with Crippen LogP contribution in [0.4, 0.5) is 10.1 Å². The number of rotatable bonds is 7. The molecule has 0 heterocycles. The van der Waals surface area contributed by atoms with Gasteiger partial charge in [0.25, 0.3) is 5.91 Å². The van der Waals surface area contributed by atoms with E-state index in [4.69, 9.17) is 16.3 Å². The van der Waals surface area contributed by atoms with Gasteiger partial charge in [0, 0.05) is 13.1 Å². The van der Waals surface area contributed by atoms with Gasteiger partial charge in [-0.2, -0.15) is 4.31 Å². The molecule has 2 aromatic rings. The maximum Gasteiger partial charge on any atom is 0.259 e. The molecule has 0 aromatic heterocycles. The lowest BCUT2D eigenvalue weighted by Gasteiger charge is -2.19. The third-order valence-corrected chi connectivity index (χ3v) is 6.31. The van der Waals surface area contributed by atoms with Crippen molar-refractivity contribution >= 4 is 33.2 Å². The predicted molar refractivity (Wildman–Crippen MR) is 102 cm³/mol. The maximum absolute atomic E-state index is 13.5. The van der Waals surface area contributed by atoms with E-state index in [-0.39, 0.29) is 26.9 Å². The first-order valence-electron chi connectivity index (χ1n) is 8.19. The summed E-state index contributed by atoms with van der Waals surface area (Å²) in [6.07, 6.45) is 0. The number of hydrogen-bond donors (Lipinski definition) is 1. The van der Waals surface area contributed by atoms with Gasteiger partial charge in [-0.05, 0) is 36.4 Å². The smallest absolute Gasteiger partial charge is 0.259 e. The molecule has 0 radical (unpaired) electrons. The van der Waals surface area contributed by atoms with E-state index in [1.807, 2.05) is 0 Å². The summed E-state index contributed by atoms with van der Waals surface area (Å²) in [6.45, 7) is 4.08. The van der Waals surface area contributed by atoms with E-state index in [1.165, 1.54) is 41.7 Å². The number of carbonyl (C=O) groups excluding carboxylic acids is 1. The molecule has 2 aromatic carbocycles. The zero-order valence-electron chi connectivity index (χ0n) is 15.1. The Morgan fingerprint density at radius 1 is 1.19 bits per heavy atom. The van der Waals surface area contributed by atoms with Gasteiger partial charge < -0.3 is 10.1 Å². The molecule has 0 atom stereocenters. The van der Waals surface area contributed by atoms with Crippen molar-refractivity contribution in [2.24, 2.45) is 0 Å². The maximum atomic E-state index is 13.5. The third kappa shape index (κ3) is 4.58. The second-order valence-corrected chi connectivity index (χ2v) is 7.87. The van der Waals surface area contributed by atoms with Gasteiger partial charge in [0.1, 0.15) is 11.6 Å². The fourth-order valence-corrected chi connectivity index (χ4v) is 4.17. The Hall–Kier alpha value is -2.16. The highest BCUT2D eigenvalue weighted by molar-refractivity contribution is 7.89. The Kier molecular flexibility index (Phi) is 6.80. The van der Waals surface area contributed by atoms with Crippen molar-refractivity contribution in [2.45, 2.75) is 18.7 Å². The lowest BCUT2D eigenvalue weighted by atomic mass is 10.1. The SMILES string of the molecule is CCN(CC)S(=O)(=O)c1ccc(Cl)c(NC(=O)c2cc(F)ccc2OC)c1. The Morgan fingerprint density at radius 2 is 1.85 bits per heavy atom. The third-order valence-electron chi connectivity index (χ3n) is 3.94.